The van der Waals surface area contributed by atoms with Crippen LogP contribution in [0, 0.1) is 33.9 Å². The number of aryl methyl sites for hydroxylation is 3. The summed E-state index contributed by atoms with van der Waals surface area (Å²) < 4.78 is 15.5. The average molecular weight is 499 g/mol. The maximum absolute atomic E-state index is 15.5. The number of fused-ring (bicyclic) bond motifs is 3. The van der Waals surface area contributed by atoms with Crippen LogP contribution in [0.25, 0.3) is 0 Å². The summed E-state index contributed by atoms with van der Waals surface area (Å²) in [6.07, 6.45) is 17.9. The molecule has 3 fully saturated rings. The van der Waals surface area contributed by atoms with Crippen LogP contribution in [-0.4, -0.2) is 0 Å². The Labute approximate surface area is 223 Å². The third kappa shape index (κ3) is 5.93. The van der Waals surface area contributed by atoms with E-state index >= 15 is 4.39 Å². The normalized spacial score (nSPS) is 22.5. The molecule has 0 atom stereocenters. The monoisotopic (exact) mass is 498 g/mol. The summed E-state index contributed by atoms with van der Waals surface area (Å²) in [5.41, 5.74) is 5.33. The highest BCUT2D eigenvalue weighted by atomic mass is 19.1. The molecule has 0 saturated heterocycles. The molecule has 0 heterocycles. The van der Waals surface area contributed by atoms with Crippen LogP contribution >= 0.6 is 0 Å². The Morgan fingerprint density at radius 1 is 0.730 bits per heavy atom. The maximum atomic E-state index is 15.5. The molecular formula is C34H43FN2. The van der Waals surface area contributed by atoms with E-state index in [1.54, 1.807) is 6.07 Å². The second-order valence-electron chi connectivity index (χ2n) is 11.9. The van der Waals surface area contributed by atoms with Gasteiger partial charge in [-0.2, -0.15) is 10.5 Å². The van der Waals surface area contributed by atoms with Gasteiger partial charge in [-0.05, 0) is 110 Å². The van der Waals surface area contributed by atoms with Gasteiger partial charge in [-0.15, -0.1) is 0 Å². The third-order valence-electron chi connectivity index (χ3n) is 9.65. The topological polar surface area (TPSA) is 47.6 Å². The van der Waals surface area contributed by atoms with Gasteiger partial charge in [0.15, 0.2) is 0 Å². The van der Waals surface area contributed by atoms with Gasteiger partial charge in [0, 0.05) is 0 Å². The molecule has 5 rings (SSSR count). The molecule has 2 bridgehead atoms. The smallest absolute Gasteiger partial charge is 0.127 e. The Balaban J connectivity index is 1.43. The molecule has 3 heteroatoms. The molecule has 0 aliphatic heterocycles. The molecule has 2 aromatic rings. The Hall–Kier alpha value is -2.65. The van der Waals surface area contributed by atoms with E-state index < -0.39 is 0 Å². The first kappa shape index (κ1) is 27.4. The highest BCUT2D eigenvalue weighted by Gasteiger charge is 2.49. The van der Waals surface area contributed by atoms with Crippen LogP contribution in [0.4, 0.5) is 4.39 Å². The maximum Gasteiger partial charge on any atom is 0.127 e. The molecule has 3 aliphatic carbocycles. The minimum atomic E-state index is -0.0534. The summed E-state index contributed by atoms with van der Waals surface area (Å²) in [7, 11) is 0. The minimum absolute atomic E-state index is 0.0262. The second-order valence-corrected chi connectivity index (χ2v) is 11.9. The SMILES string of the molecule is CCCCCc1ccc(CCc2ccc(C34CCC(CCCCC)(CC3)CC4)c(F)c2)c(C#N)c1C#N. The van der Waals surface area contributed by atoms with E-state index in [1.165, 1.54) is 44.9 Å². The van der Waals surface area contributed by atoms with Gasteiger partial charge in [0.2, 0.25) is 0 Å². The van der Waals surface area contributed by atoms with Crippen molar-refractivity contribution in [2.24, 2.45) is 5.41 Å². The Morgan fingerprint density at radius 2 is 1.32 bits per heavy atom. The van der Waals surface area contributed by atoms with E-state index in [4.69, 9.17) is 0 Å². The molecule has 37 heavy (non-hydrogen) atoms. The fourth-order valence-corrected chi connectivity index (χ4v) is 7.14. The number of hydrogen-bond donors (Lipinski definition) is 0. The predicted octanol–water partition coefficient (Wildman–Crippen LogP) is 9.26. The number of rotatable bonds is 12. The first-order valence-electron chi connectivity index (χ1n) is 14.7. The van der Waals surface area contributed by atoms with Crippen molar-refractivity contribution in [3.05, 3.63) is 69.5 Å². The Kier molecular flexibility index (Phi) is 9.08. The number of nitriles is 2. The Morgan fingerprint density at radius 3 is 1.89 bits per heavy atom. The molecule has 0 aromatic heterocycles. The van der Waals surface area contributed by atoms with E-state index in [1.807, 2.05) is 12.1 Å². The van der Waals surface area contributed by atoms with Crippen LogP contribution < -0.4 is 0 Å². The number of benzene rings is 2. The predicted molar refractivity (Wildman–Crippen MR) is 149 cm³/mol. The summed E-state index contributed by atoms with van der Waals surface area (Å²) in [6.45, 7) is 4.43. The molecule has 196 valence electrons. The highest BCUT2D eigenvalue weighted by Crippen LogP contribution is 2.59. The van der Waals surface area contributed by atoms with E-state index in [0.29, 0.717) is 29.4 Å². The van der Waals surface area contributed by atoms with Crippen LogP contribution in [0.2, 0.25) is 0 Å². The van der Waals surface area contributed by atoms with Crippen LogP contribution in [0.5, 0.6) is 0 Å². The van der Waals surface area contributed by atoms with Gasteiger partial charge in [-0.3, -0.25) is 0 Å². The van der Waals surface area contributed by atoms with Gasteiger partial charge < -0.3 is 0 Å². The second kappa shape index (κ2) is 12.3. The number of hydrogen-bond acceptors (Lipinski definition) is 2. The first-order chi connectivity index (χ1) is 18.0. The zero-order chi connectivity index (χ0) is 26.3. The zero-order valence-electron chi connectivity index (χ0n) is 23.0. The average Bonchev–Trinajstić information content (AvgIpc) is 2.93. The molecule has 3 saturated carbocycles. The van der Waals surface area contributed by atoms with Crippen molar-refractivity contribution >= 4 is 0 Å². The van der Waals surface area contributed by atoms with Crippen LogP contribution in [0.3, 0.4) is 0 Å². The quantitative estimate of drug-likeness (QED) is 0.274. The summed E-state index contributed by atoms with van der Waals surface area (Å²) in [5.74, 6) is -0.0534. The molecule has 0 N–H and O–H groups in total. The van der Waals surface area contributed by atoms with E-state index in [0.717, 1.165) is 67.2 Å². The van der Waals surface area contributed by atoms with Gasteiger partial charge in [-0.25, -0.2) is 4.39 Å². The number of halogens is 1. The van der Waals surface area contributed by atoms with Crippen molar-refractivity contribution in [3.8, 4) is 12.1 Å². The minimum Gasteiger partial charge on any atom is -0.207 e. The van der Waals surface area contributed by atoms with Gasteiger partial charge in [0.05, 0.1) is 11.1 Å². The molecular weight excluding hydrogens is 455 g/mol. The summed E-state index contributed by atoms with van der Waals surface area (Å²) in [4.78, 5) is 0. The van der Waals surface area contributed by atoms with Crippen molar-refractivity contribution < 1.29 is 4.39 Å². The lowest BCUT2D eigenvalue weighted by atomic mass is 9.51. The lowest BCUT2D eigenvalue weighted by Gasteiger charge is -2.54. The third-order valence-corrected chi connectivity index (χ3v) is 9.65. The molecule has 0 unspecified atom stereocenters. The molecule has 0 spiro atoms. The number of nitrogens with zero attached hydrogens (tertiary/aromatic N) is 2. The van der Waals surface area contributed by atoms with Crippen LogP contribution in [0.1, 0.15) is 131 Å². The highest BCUT2D eigenvalue weighted by molar-refractivity contribution is 5.55. The lowest BCUT2D eigenvalue weighted by Crippen LogP contribution is -2.44. The molecule has 0 amide bonds. The standard InChI is InChI=1S/C34H43FN2/c1-3-5-7-9-27-13-14-28(30(25-37)29(27)24-36)12-10-26-11-15-31(32(35)23-26)34-20-17-33(18-21-34,19-22-34)16-8-6-4-2/h11,13-15,23H,3-10,12,16-22H2,1-2H3. The summed E-state index contributed by atoms with van der Waals surface area (Å²) in [6, 6.07) is 14.5. The lowest BCUT2D eigenvalue weighted by molar-refractivity contribution is 0.0289. The van der Waals surface area contributed by atoms with Crippen LogP contribution in [-0.2, 0) is 24.7 Å². The summed E-state index contributed by atoms with van der Waals surface area (Å²) >= 11 is 0. The number of unbranched alkanes of at least 4 members (excludes halogenated alkanes) is 4. The van der Waals surface area contributed by atoms with Gasteiger partial charge in [-0.1, -0.05) is 70.2 Å². The van der Waals surface area contributed by atoms with Crippen molar-refractivity contribution in [3.63, 3.8) is 0 Å². The molecule has 0 radical (unpaired) electrons. The Bertz CT molecular complexity index is 1140. The van der Waals surface area contributed by atoms with Gasteiger partial charge >= 0.3 is 0 Å². The largest absolute Gasteiger partial charge is 0.207 e. The molecule has 2 nitrogen and oxygen atoms in total. The van der Waals surface area contributed by atoms with E-state index in [2.05, 4.69) is 38.1 Å². The molecule has 3 aliphatic rings. The van der Waals surface area contributed by atoms with Crippen LogP contribution in [0.15, 0.2) is 30.3 Å². The fraction of sp³-hybridized carbons (Fsp3) is 0.588. The fourth-order valence-electron chi connectivity index (χ4n) is 7.14. The molecule has 2 aromatic carbocycles. The summed E-state index contributed by atoms with van der Waals surface area (Å²) in [5, 5.41) is 19.6. The van der Waals surface area contributed by atoms with Gasteiger partial charge in [0.25, 0.3) is 0 Å². The van der Waals surface area contributed by atoms with Gasteiger partial charge in [0.1, 0.15) is 18.0 Å². The van der Waals surface area contributed by atoms with Crippen molar-refractivity contribution in [1.82, 2.24) is 0 Å². The zero-order valence-corrected chi connectivity index (χ0v) is 23.0. The van der Waals surface area contributed by atoms with Crippen molar-refractivity contribution in [2.45, 2.75) is 122 Å². The van der Waals surface area contributed by atoms with E-state index in [-0.39, 0.29) is 11.2 Å². The van der Waals surface area contributed by atoms with E-state index in [9.17, 15) is 10.5 Å². The van der Waals surface area contributed by atoms with Crippen molar-refractivity contribution in [1.29, 1.82) is 10.5 Å². The first-order valence-corrected chi connectivity index (χ1v) is 14.7. The van der Waals surface area contributed by atoms with Crippen molar-refractivity contribution in [2.75, 3.05) is 0 Å².